The van der Waals surface area contributed by atoms with Crippen molar-refractivity contribution in [3.63, 3.8) is 0 Å². The summed E-state index contributed by atoms with van der Waals surface area (Å²) in [5.74, 6) is 0. The van der Waals surface area contributed by atoms with Gasteiger partial charge in [-0.05, 0) is 18.6 Å². The minimum atomic E-state index is 0.785. The highest BCUT2D eigenvalue weighted by atomic mass is 14.9. The molecule has 0 aliphatic carbocycles. The van der Waals surface area contributed by atoms with Crippen molar-refractivity contribution < 1.29 is 0 Å². The van der Waals surface area contributed by atoms with Gasteiger partial charge in [0, 0.05) is 5.69 Å². The number of hydrogen-bond acceptors (Lipinski definition) is 3. The second-order valence-electron chi connectivity index (χ2n) is 2.76. The van der Waals surface area contributed by atoms with Crippen molar-refractivity contribution in [1.29, 1.82) is 0 Å². The van der Waals surface area contributed by atoms with E-state index < -0.39 is 0 Å². The average molecular weight is 161 g/mol. The molecule has 0 atom stereocenters. The Labute approximate surface area is 70.9 Å². The van der Waals surface area contributed by atoms with Gasteiger partial charge in [0.05, 0.1) is 13.1 Å². The van der Waals surface area contributed by atoms with Gasteiger partial charge in [0.1, 0.15) is 5.36 Å². The highest BCUT2D eigenvalue weighted by Gasteiger charge is 1.97. The van der Waals surface area contributed by atoms with Gasteiger partial charge in [-0.3, -0.25) is 9.98 Å². The molecular formula is C9H11N3. The molecule has 0 saturated carbocycles. The highest BCUT2D eigenvalue weighted by Crippen LogP contribution is 1.88. The van der Waals surface area contributed by atoms with Crippen LogP contribution >= 0.6 is 0 Å². The molecule has 1 aliphatic heterocycles. The Kier molecular flexibility index (Phi) is 1.86. The van der Waals surface area contributed by atoms with Crippen molar-refractivity contribution in [2.24, 2.45) is 9.98 Å². The normalized spacial score (nSPS) is 14.4. The summed E-state index contributed by atoms with van der Waals surface area (Å²) >= 11 is 0. The van der Waals surface area contributed by atoms with Crippen molar-refractivity contribution in [3.8, 4) is 0 Å². The second-order valence-corrected chi connectivity index (χ2v) is 2.76. The van der Waals surface area contributed by atoms with Gasteiger partial charge in [-0.25, -0.2) is 4.98 Å². The van der Waals surface area contributed by atoms with Crippen molar-refractivity contribution in [2.75, 3.05) is 13.1 Å². The summed E-state index contributed by atoms with van der Waals surface area (Å²) in [5, 5.41) is 0.943. The molecular weight excluding hydrogens is 150 g/mol. The summed E-state index contributed by atoms with van der Waals surface area (Å²) in [4.78, 5) is 13.0. The van der Waals surface area contributed by atoms with Crippen LogP contribution in [0.25, 0.3) is 0 Å². The molecule has 3 nitrogen and oxygen atoms in total. The summed E-state index contributed by atoms with van der Waals surface area (Å²) in [6.07, 6.45) is 0.961. The fourth-order valence-electron chi connectivity index (χ4n) is 1.24. The molecule has 0 aromatic carbocycles. The van der Waals surface area contributed by atoms with E-state index in [-0.39, 0.29) is 0 Å². The predicted molar refractivity (Wildman–Crippen MR) is 45.7 cm³/mol. The van der Waals surface area contributed by atoms with E-state index in [4.69, 9.17) is 0 Å². The van der Waals surface area contributed by atoms with Gasteiger partial charge in [-0.2, -0.15) is 0 Å². The van der Waals surface area contributed by atoms with E-state index in [9.17, 15) is 0 Å². The van der Waals surface area contributed by atoms with E-state index in [1.807, 2.05) is 12.1 Å². The number of aryl methyl sites for hydroxylation is 1. The second kappa shape index (κ2) is 3.01. The van der Waals surface area contributed by atoms with Gasteiger partial charge < -0.3 is 0 Å². The van der Waals surface area contributed by atoms with Crippen LogP contribution < -0.4 is 10.8 Å². The third-order valence-corrected chi connectivity index (χ3v) is 1.92. The summed E-state index contributed by atoms with van der Waals surface area (Å²) in [6, 6.07) is 4.02. The SMILES string of the molecule is CCc1ccc2c(n1)=NCCN=2. The van der Waals surface area contributed by atoms with Crippen LogP contribution in [0.3, 0.4) is 0 Å². The fourth-order valence-corrected chi connectivity index (χ4v) is 1.24. The molecule has 1 aromatic rings. The molecule has 2 rings (SSSR count). The Balaban J connectivity index is 2.65. The number of rotatable bonds is 1. The summed E-state index contributed by atoms with van der Waals surface area (Å²) in [6.45, 7) is 3.68. The van der Waals surface area contributed by atoms with E-state index in [0.29, 0.717) is 0 Å². The molecule has 0 N–H and O–H groups in total. The zero-order valence-electron chi connectivity index (χ0n) is 7.12. The zero-order chi connectivity index (χ0) is 8.39. The van der Waals surface area contributed by atoms with Gasteiger partial charge in [0.15, 0.2) is 5.49 Å². The first kappa shape index (κ1) is 7.40. The number of fused-ring (bicyclic) bond motifs is 1. The Morgan fingerprint density at radius 3 is 2.92 bits per heavy atom. The topological polar surface area (TPSA) is 37.6 Å². The third-order valence-electron chi connectivity index (χ3n) is 1.92. The molecule has 3 heteroatoms. The fraction of sp³-hybridized carbons (Fsp3) is 0.444. The van der Waals surface area contributed by atoms with Crippen LogP contribution in [0.1, 0.15) is 12.6 Å². The number of nitrogens with zero attached hydrogens (tertiary/aromatic N) is 3. The first-order valence-electron chi connectivity index (χ1n) is 4.25. The maximum atomic E-state index is 4.37. The smallest absolute Gasteiger partial charge is 0.173 e. The van der Waals surface area contributed by atoms with Crippen LogP contribution in [0.4, 0.5) is 0 Å². The summed E-state index contributed by atoms with van der Waals surface area (Å²) < 4.78 is 0. The lowest BCUT2D eigenvalue weighted by molar-refractivity contribution is 0.819. The summed E-state index contributed by atoms with van der Waals surface area (Å²) in [7, 11) is 0. The summed E-state index contributed by atoms with van der Waals surface area (Å²) in [5.41, 5.74) is 1.91. The van der Waals surface area contributed by atoms with Crippen LogP contribution in [-0.4, -0.2) is 18.1 Å². The number of hydrogen-bond donors (Lipinski definition) is 0. The molecule has 0 amide bonds. The van der Waals surface area contributed by atoms with Gasteiger partial charge in [0.25, 0.3) is 0 Å². The first-order chi connectivity index (χ1) is 5.90. The van der Waals surface area contributed by atoms with E-state index >= 15 is 0 Å². The molecule has 1 aromatic heterocycles. The van der Waals surface area contributed by atoms with Crippen molar-refractivity contribution in [1.82, 2.24) is 4.98 Å². The van der Waals surface area contributed by atoms with Gasteiger partial charge in [-0.15, -0.1) is 0 Å². The zero-order valence-corrected chi connectivity index (χ0v) is 7.12. The van der Waals surface area contributed by atoms with Crippen LogP contribution in [-0.2, 0) is 6.42 Å². The Morgan fingerprint density at radius 1 is 1.25 bits per heavy atom. The molecule has 2 heterocycles. The first-order valence-corrected chi connectivity index (χ1v) is 4.25. The number of aromatic nitrogens is 1. The maximum absolute atomic E-state index is 4.37. The van der Waals surface area contributed by atoms with Crippen LogP contribution in [0.15, 0.2) is 22.1 Å². The van der Waals surface area contributed by atoms with Crippen LogP contribution in [0.5, 0.6) is 0 Å². The third kappa shape index (κ3) is 1.22. The van der Waals surface area contributed by atoms with Crippen LogP contribution in [0.2, 0.25) is 0 Å². The largest absolute Gasteiger partial charge is 0.279 e. The minimum absolute atomic E-state index is 0.785. The van der Waals surface area contributed by atoms with E-state index in [2.05, 4.69) is 21.9 Å². The molecule has 62 valence electrons. The van der Waals surface area contributed by atoms with Crippen LogP contribution in [0, 0.1) is 0 Å². The predicted octanol–water partition coefficient (Wildman–Crippen LogP) is -0.103. The Morgan fingerprint density at radius 2 is 2.08 bits per heavy atom. The molecule has 0 saturated heterocycles. The van der Waals surface area contributed by atoms with Gasteiger partial charge >= 0.3 is 0 Å². The molecule has 0 unspecified atom stereocenters. The standard InChI is InChI=1S/C9H11N3/c1-2-7-3-4-8-9(12-7)11-6-5-10-8/h3-4H,2,5-6H2,1H3. The number of pyridine rings is 1. The molecule has 0 bridgehead atoms. The molecule has 0 spiro atoms. The van der Waals surface area contributed by atoms with E-state index in [0.717, 1.165) is 36.0 Å². The average Bonchev–Trinajstić information content (AvgIpc) is 2.17. The van der Waals surface area contributed by atoms with Gasteiger partial charge in [0.2, 0.25) is 0 Å². The van der Waals surface area contributed by atoms with Crippen molar-refractivity contribution in [2.45, 2.75) is 13.3 Å². The van der Waals surface area contributed by atoms with Crippen molar-refractivity contribution >= 4 is 0 Å². The Hall–Kier alpha value is -1.25. The highest BCUT2D eigenvalue weighted by molar-refractivity contribution is 5.03. The maximum Gasteiger partial charge on any atom is 0.173 e. The lowest BCUT2D eigenvalue weighted by Gasteiger charge is -1.99. The van der Waals surface area contributed by atoms with E-state index in [1.54, 1.807) is 0 Å². The lowest BCUT2D eigenvalue weighted by Crippen LogP contribution is -2.33. The monoisotopic (exact) mass is 161 g/mol. The van der Waals surface area contributed by atoms with Gasteiger partial charge in [-0.1, -0.05) is 6.92 Å². The van der Waals surface area contributed by atoms with Crippen molar-refractivity contribution in [3.05, 3.63) is 28.7 Å². The Bertz CT molecular complexity index is 395. The van der Waals surface area contributed by atoms with E-state index in [1.165, 1.54) is 0 Å². The lowest BCUT2D eigenvalue weighted by atomic mass is 10.3. The quantitative estimate of drug-likeness (QED) is 0.566. The molecule has 0 radical (unpaired) electrons. The molecule has 12 heavy (non-hydrogen) atoms. The molecule has 0 fully saturated rings. The minimum Gasteiger partial charge on any atom is -0.279 e. The molecule has 1 aliphatic rings.